The Bertz CT molecular complexity index is 360. The Kier molecular flexibility index (Phi) is 7.21. The highest BCUT2D eigenvalue weighted by Gasteiger charge is 2.41. The van der Waals surface area contributed by atoms with E-state index in [0.717, 1.165) is 17.8 Å². The summed E-state index contributed by atoms with van der Waals surface area (Å²) in [4.78, 5) is 0. The summed E-state index contributed by atoms with van der Waals surface area (Å²) in [5.41, 5.74) is 2.68. The van der Waals surface area contributed by atoms with Crippen molar-refractivity contribution in [3.05, 3.63) is 11.6 Å². The smallest absolute Gasteiger partial charge is 0.00927 e. The summed E-state index contributed by atoms with van der Waals surface area (Å²) in [6.45, 7) is 18.9. The third-order valence-electron chi connectivity index (χ3n) is 6.97. The maximum atomic E-state index is 2.72. The maximum Gasteiger partial charge on any atom is -0.00927 e. The average molecular weight is 307 g/mol. The molecule has 0 saturated carbocycles. The van der Waals surface area contributed by atoms with Crippen molar-refractivity contribution in [3.63, 3.8) is 0 Å². The van der Waals surface area contributed by atoms with Gasteiger partial charge < -0.3 is 0 Å². The Balaban J connectivity index is 0.00000116. The first-order valence-corrected chi connectivity index (χ1v) is 9.96. The Labute approximate surface area is 141 Å². The van der Waals surface area contributed by atoms with Crippen LogP contribution in [0.1, 0.15) is 100 Å². The summed E-state index contributed by atoms with van der Waals surface area (Å²) in [5, 5.41) is 0. The molecule has 0 aliphatic heterocycles. The van der Waals surface area contributed by atoms with E-state index in [1.54, 1.807) is 5.57 Å². The molecular weight excluding hydrogens is 264 g/mol. The van der Waals surface area contributed by atoms with E-state index in [4.69, 9.17) is 0 Å². The predicted octanol–water partition coefficient (Wildman–Crippen LogP) is 7.64. The number of hydrogen-bond acceptors (Lipinski definition) is 0. The van der Waals surface area contributed by atoms with Crippen LogP contribution in [0.15, 0.2) is 11.6 Å². The molecule has 0 amide bonds. The number of hydrogen-bond donors (Lipinski definition) is 0. The molecule has 0 radical (unpaired) electrons. The van der Waals surface area contributed by atoms with Gasteiger partial charge in [0, 0.05) is 0 Å². The molecule has 0 aromatic rings. The first-order valence-electron chi connectivity index (χ1n) is 9.96. The summed E-state index contributed by atoms with van der Waals surface area (Å²) in [6.07, 6.45) is 12.5. The predicted molar refractivity (Wildman–Crippen MR) is 101 cm³/mol. The lowest BCUT2D eigenvalue weighted by Crippen LogP contribution is -2.36. The van der Waals surface area contributed by atoms with Crippen molar-refractivity contribution >= 4 is 0 Å². The van der Waals surface area contributed by atoms with Crippen molar-refractivity contribution in [2.75, 3.05) is 0 Å². The van der Waals surface area contributed by atoms with Crippen LogP contribution in [0.2, 0.25) is 0 Å². The molecule has 0 aromatic carbocycles. The molecule has 2 bridgehead atoms. The zero-order valence-corrected chi connectivity index (χ0v) is 16.8. The van der Waals surface area contributed by atoms with Crippen molar-refractivity contribution in [3.8, 4) is 0 Å². The van der Waals surface area contributed by atoms with E-state index in [2.05, 4.69) is 47.6 Å². The molecule has 0 aromatic heterocycles. The molecule has 0 N–H and O–H groups in total. The lowest BCUT2D eigenvalue weighted by atomic mass is 9.59. The zero-order chi connectivity index (χ0) is 17.0. The second-order valence-electron chi connectivity index (χ2n) is 8.92. The normalized spacial score (nSPS) is 32.8. The molecule has 0 fully saturated rings. The van der Waals surface area contributed by atoms with Gasteiger partial charge in [-0.25, -0.2) is 0 Å². The van der Waals surface area contributed by atoms with Gasteiger partial charge in [-0.3, -0.25) is 0 Å². The summed E-state index contributed by atoms with van der Waals surface area (Å²) in [7, 11) is 0. The van der Waals surface area contributed by atoms with Gasteiger partial charge >= 0.3 is 0 Å². The molecule has 0 nitrogen and oxygen atoms in total. The second-order valence-corrected chi connectivity index (χ2v) is 8.92. The molecule has 3 unspecified atom stereocenters. The number of allylic oxidation sites excluding steroid dienone is 2. The summed E-state index contributed by atoms with van der Waals surface area (Å²) in [6, 6.07) is 0. The van der Waals surface area contributed by atoms with Crippen molar-refractivity contribution in [2.24, 2.45) is 28.6 Å². The van der Waals surface area contributed by atoms with Crippen LogP contribution in [0.5, 0.6) is 0 Å². The summed E-state index contributed by atoms with van der Waals surface area (Å²) >= 11 is 0. The van der Waals surface area contributed by atoms with Crippen LogP contribution in [0.4, 0.5) is 0 Å². The van der Waals surface area contributed by atoms with Gasteiger partial charge in [0.25, 0.3) is 0 Å². The van der Waals surface area contributed by atoms with Crippen molar-refractivity contribution in [1.82, 2.24) is 0 Å². The van der Waals surface area contributed by atoms with Crippen LogP contribution in [-0.2, 0) is 0 Å². The van der Waals surface area contributed by atoms with Crippen LogP contribution in [0, 0.1) is 28.6 Å². The lowest BCUT2D eigenvalue weighted by molar-refractivity contribution is 0.0936. The first-order chi connectivity index (χ1) is 10.3. The van der Waals surface area contributed by atoms with E-state index in [1.165, 1.54) is 44.9 Å². The number of rotatable bonds is 2. The van der Waals surface area contributed by atoms with Crippen LogP contribution in [0.25, 0.3) is 0 Å². The van der Waals surface area contributed by atoms with Gasteiger partial charge in [-0.15, -0.1) is 0 Å². The molecule has 2 aliphatic carbocycles. The molecule has 3 atom stereocenters. The number of fused-ring (bicyclic) bond motifs is 1. The highest BCUT2D eigenvalue weighted by molar-refractivity contribution is 5.16. The van der Waals surface area contributed by atoms with E-state index >= 15 is 0 Å². The minimum atomic E-state index is 0.435. The Morgan fingerprint density at radius 1 is 1.00 bits per heavy atom. The average Bonchev–Trinajstić information content (AvgIpc) is 2.67. The molecule has 0 saturated heterocycles. The topological polar surface area (TPSA) is 0 Å². The first kappa shape index (κ1) is 19.8. The highest BCUT2D eigenvalue weighted by Crippen LogP contribution is 2.52. The van der Waals surface area contributed by atoms with Gasteiger partial charge in [0.05, 0.1) is 0 Å². The van der Waals surface area contributed by atoms with E-state index in [0.29, 0.717) is 10.8 Å². The molecular formula is C22H42. The lowest BCUT2D eigenvalue weighted by Gasteiger charge is -2.46. The Morgan fingerprint density at radius 3 is 2.23 bits per heavy atom. The molecule has 22 heavy (non-hydrogen) atoms. The van der Waals surface area contributed by atoms with Crippen molar-refractivity contribution < 1.29 is 0 Å². The van der Waals surface area contributed by atoms with Crippen LogP contribution < -0.4 is 0 Å². The van der Waals surface area contributed by atoms with Gasteiger partial charge in [-0.1, -0.05) is 73.5 Å². The van der Waals surface area contributed by atoms with E-state index in [1.807, 2.05) is 13.8 Å². The van der Waals surface area contributed by atoms with E-state index in [-0.39, 0.29) is 0 Å². The third kappa shape index (κ3) is 4.39. The molecule has 130 valence electrons. The Morgan fingerprint density at radius 2 is 1.64 bits per heavy atom. The minimum absolute atomic E-state index is 0.435. The fourth-order valence-corrected chi connectivity index (χ4v) is 4.40. The molecule has 2 rings (SSSR count). The van der Waals surface area contributed by atoms with Crippen LogP contribution >= 0.6 is 0 Å². The van der Waals surface area contributed by atoms with Gasteiger partial charge in [0.1, 0.15) is 0 Å². The largest absolute Gasteiger partial charge is 0.0788 e. The second kappa shape index (κ2) is 8.02. The minimum Gasteiger partial charge on any atom is -0.0788 e. The Hall–Kier alpha value is -0.260. The van der Waals surface area contributed by atoms with E-state index in [9.17, 15) is 0 Å². The van der Waals surface area contributed by atoms with Crippen LogP contribution in [0.3, 0.4) is 0 Å². The zero-order valence-electron chi connectivity index (χ0n) is 16.8. The standard InChI is InChI=1S/C20H36.C2H6/c1-15(2)16(3)18-10-12-19(4,5)20(6)11-8-7-9-17(13-18)14-20;1-2/h14-16,18H,7-13H2,1-6H3;1-2H3. The molecule has 0 heterocycles. The maximum absolute atomic E-state index is 2.72. The fraction of sp³-hybridized carbons (Fsp3) is 0.909. The van der Waals surface area contributed by atoms with Gasteiger partial charge in [0.15, 0.2) is 0 Å². The van der Waals surface area contributed by atoms with Gasteiger partial charge in [-0.05, 0) is 67.1 Å². The summed E-state index contributed by atoms with van der Waals surface area (Å²) in [5.74, 6) is 2.59. The van der Waals surface area contributed by atoms with Crippen molar-refractivity contribution in [2.45, 2.75) is 100 Å². The quantitative estimate of drug-likeness (QED) is 0.460. The SMILES string of the molecule is CC.CC(C)C(C)C1CCC(C)(C)C2(C)C=C(CCCC2)C1. The summed E-state index contributed by atoms with van der Waals surface area (Å²) < 4.78 is 0. The van der Waals surface area contributed by atoms with Crippen LogP contribution in [-0.4, -0.2) is 0 Å². The van der Waals surface area contributed by atoms with E-state index < -0.39 is 0 Å². The molecule has 0 heteroatoms. The fourth-order valence-electron chi connectivity index (χ4n) is 4.40. The van der Waals surface area contributed by atoms with Gasteiger partial charge in [0.2, 0.25) is 0 Å². The third-order valence-corrected chi connectivity index (χ3v) is 6.97. The molecule has 0 spiro atoms. The monoisotopic (exact) mass is 306 g/mol. The van der Waals surface area contributed by atoms with Gasteiger partial charge in [-0.2, -0.15) is 0 Å². The highest BCUT2D eigenvalue weighted by atomic mass is 14.5. The van der Waals surface area contributed by atoms with Crippen molar-refractivity contribution in [1.29, 1.82) is 0 Å². The molecule has 2 aliphatic rings.